The molecule has 1 aliphatic carbocycles. The number of aromatic nitrogens is 1. The fourth-order valence-electron chi connectivity index (χ4n) is 6.51. The van der Waals surface area contributed by atoms with E-state index in [2.05, 4.69) is 145 Å². The van der Waals surface area contributed by atoms with E-state index in [1.807, 2.05) is 0 Å². The maximum atomic E-state index is 2.47. The van der Waals surface area contributed by atoms with Gasteiger partial charge >= 0.3 is 0 Å². The molecule has 1 nitrogen and oxygen atoms in total. The van der Waals surface area contributed by atoms with Gasteiger partial charge in [0.15, 0.2) is 0 Å². The first-order valence-corrected chi connectivity index (χ1v) is 13.2. The second-order valence-corrected chi connectivity index (χ2v) is 10.2. The molecule has 0 fully saturated rings. The zero-order valence-corrected chi connectivity index (χ0v) is 21.1. The molecule has 0 saturated heterocycles. The summed E-state index contributed by atoms with van der Waals surface area (Å²) >= 11 is 0. The number of aryl methyl sites for hydroxylation is 1. The molecule has 0 saturated carbocycles. The summed E-state index contributed by atoms with van der Waals surface area (Å²) < 4.78 is 2.47. The van der Waals surface area contributed by atoms with Crippen molar-refractivity contribution in [3.63, 3.8) is 0 Å². The van der Waals surface area contributed by atoms with Gasteiger partial charge in [0.2, 0.25) is 0 Å². The van der Waals surface area contributed by atoms with Crippen molar-refractivity contribution < 1.29 is 0 Å². The molecule has 0 bridgehead atoms. The molecule has 7 aromatic rings. The quantitative estimate of drug-likeness (QED) is 0.219. The summed E-state index contributed by atoms with van der Waals surface area (Å²) in [5.41, 5.74) is 15.2. The lowest BCUT2D eigenvalue weighted by atomic mass is 9.79. The normalized spacial score (nSPS) is 11.8. The summed E-state index contributed by atoms with van der Waals surface area (Å²) in [5.74, 6) is 0. The summed E-state index contributed by atoms with van der Waals surface area (Å²) in [6, 6.07) is 48.9. The number of fused-ring (bicyclic) bond motifs is 11. The molecule has 8 rings (SSSR count). The minimum Gasteiger partial charge on any atom is -0.309 e. The Morgan fingerprint density at radius 1 is 0.368 bits per heavy atom. The van der Waals surface area contributed by atoms with E-state index in [1.165, 1.54) is 77.6 Å². The minimum absolute atomic E-state index is 1.21. The maximum absolute atomic E-state index is 2.47. The van der Waals surface area contributed by atoms with Crippen LogP contribution in [0.25, 0.3) is 72.0 Å². The van der Waals surface area contributed by atoms with Crippen molar-refractivity contribution in [1.82, 2.24) is 4.57 Å². The molecular weight excluding hydrogens is 458 g/mol. The van der Waals surface area contributed by atoms with Gasteiger partial charge < -0.3 is 4.57 Å². The van der Waals surface area contributed by atoms with Crippen LogP contribution < -0.4 is 0 Å². The molecule has 38 heavy (non-hydrogen) atoms. The second kappa shape index (κ2) is 8.06. The van der Waals surface area contributed by atoms with E-state index in [9.17, 15) is 0 Å². The number of para-hydroxylation sites is 2. The van der Waals surface area contributed by atoms with E-state index in [0.29, 0.717) is 0 Å². The van der Waals surface area contributed by atoms with Crippen molar-refractivity contribution in [2.45, 2.75) is 6.92 Å². The van der Waals surface area contributed by atoms with Crippen LogP contribution in [0.2, 0.25) is 0 Å². The largest absolute Gasteiger partial charge is 0.309 e. The highest BCUT2D eigenvalue weighted by molar-refractivity contribution is 6.11. The fraction of sp³-hybridized carbons (Fsp3) is 0.0270. The van der Waals surface area contributed by atoms with E-state index in [4.69, 9.17) is 0 Å². The zero-order chi connectivity index (χ0) is 25.2. The fourth-order valence-corrected chi connectivity index (χ4v) is 6.51. The molecule has 0 spiro atoms. The van der Waals surface area contributed by atoms with Gasteiger partial charge in [-0.1, -0.05) is 115 Å². The summed E-state index contributed by atoms with van der Waals surface area (Å²) in [5, 5.41) is 2.56. The van der Waals surface area contributed by atoms with E-state index >= 15 is 0 Å². The second-order valence-electron chi connectivity index (χ2n) is 10.2. The number of hydrogen-bond donors (Lipinski definition) is 0. The highest BCUT2D eigenvalue weighted by Crippen LogP contribution is 2.51. The van der Waals surface area contributed by atoms with E-state index in [1.54, 1.807) is 0 Å². The first-order valence-electron chi connectivity index (χ1n) is 13.2. The average Bonchev–Trinajstić information content (AvgIpc) is 3.31. The monoisotopic (exact) mass is 483 g/mol. The van der Waals surface area contributed by atoms with Crippen molar-refractivity contribution >= 4 is 21.8 Å². The van der Waals surface area contributed by atoms with Gasteiger partial charge in [-0.15, -0.1) is 0 Å². The Kier molecular flexibility index (Phi) is 4.50. The number of nitrogens with zero attached hydrogens (tertiary/aromatic N) is 1. The minimum atomic E-state index is 1.21. The van der Waals surface area contributed by atoms with Crippen LogP contribution >= 0.6 is 0 Å². The van der Waals surface area contributed by atoms with E-state index in [-0.39, 0.29) is 0 Å². The van der Waals surface area contributed by atoms with Crippen molar-refractivity contribution in [3.8, 4) is 50.2 Å². The number of benzene rings is 6. The predicted octanol–water partition coefficient (Wildman–Crippen LogP) is 10.1. The lowest BCUT2D eigenvalue weighted by molar-refractivity contribution is 1.18. The van der Waals surface area contributed by atoms with Gasteiger partial charge in [-0.3, -0.25) is 0 Å². The Morgan fingerprint density at radius 3 is 1.29 bits per heavy atom. The van der Waals surface area contributed by atoms with Gasteiger partial charge in [-0.05, 0) is 69.6 Å². The molecule has 6 aromatic carbocycles. The summed E-state index contributed by atoms with van der Waals surface area (Å²) in [7, 11) is 0. The Bertz CT molecular complexity index is 1990. The Morgan fingerprint density at radius 2 is 0.763 bits per heavy atom. The van der Waals surface area contributed by atoms with Crippen LogP contribution in [0.15, 0.2) is 133 Å². The highest BCUT2D eigenvalue weighted by atomic mass is 15.0. The van der Waals surface area contributed by atoms with Gasteiger partial charge in [0.05, 0.1) is 16.7 Å². The number of rotatable bonds is 1. The molecule has 1 heteroatoms. The van der Waals surface area contributed by atoms with E-state index < -0.39 is 0 Å². The van der Waals surface area contributed by atoms with Gasteiger partial charge in [-0.25, -0.2) is 0 Å². The molecule has 0 aliphatic heterocycles. The first-order chi connectivity index (χ1) is 18.8. The average molecular weight is 484 g/mol. The van der Waals surface area contributed by atoms with Gasteiger partial charge in [-0.2, -0.15) is 0 Å². The topological polar surface area (TPSA) is 4.93 Å². The van der Waals surface area contributed by atoms with Crippen LogP contribution in [-0.2, 0) is 0 Å². The molecule has 0 radical (unpaired) electrons. The smallest absolute Gasteiger partial charge is 0.0547 e. The first kappa shape index (κ1) is 21.2. The van der Waals surface area contributed by atoms with Crippen LogP contribution in [0.1, 0.15) is 5.56 Å². The maximum Gasteiger partial charge on any atom is 0.0547 e. The third-order valence-corrected chi connectivity index (χ3v) is 8.11. The molecular formula is C37H25N. The van der Waals surface area contributed by atoms with Crippen LogP contribution in [0.3, 0.4) is 0 Å². The van der Waals surface area contributed by atoms with Gasteiger partial charge in [0, 0.05) is 16.3 Å². The lowest BCUT2D eigenvalue weighted by Crippen LogP contribution is -2.04. The molecule has 1 aromatic heterocycles. The number of hydrogen-bond acceptors (Lipinski definition) is 0. The van der Waals surface area contributed by atoms with Crippen molar-refractivity contribution in [1.29, 1.82) is 0 Å². The van der Waals surface area contributed by atoms with Crippen molar-refractivity contribution in [2.24, 2.45) is 0 Å². The zero-order valence-electron chi connectivity index (χ0n) is 21.1. The van der Waals surface area contributed by atoms with Crippen LogP contribution in [-0.4, -0.2) is 4.57 Å². The molecule has 0 atom stereocenters. The van der Waals surface area contributed by atoms with Crippen LogP contribution in [0.5, 0.6) is 0 Å². The Balaban J connectivity index is 1.61. The van der Waals surface area contributed by atoms with Crippen molar-refractivity contribution in [2.75, 3.05) is 0 Å². The summed E-state index contributed by atoms with van der Waals surface area (Å²) in [6.45, 7) is 2.25. The summed E-state index contributed by atoms with van der Waals surface area (Å²) in [4.78, 5) is 0. The van der Waals surface area contributed by atoms with Crippen LogP contribution in [0, 0.1) is 6.92 Å². The molecule has 178 valence electrons. The molecule has 0 unspecified atom stereocenters. The Labute approximate surface area is 222 Å². The third kappa shape index (κ3) is 2.87. The molecule has 1 heterocycles. The molecule has 0 amide bonds. The Hall–Kier alpha value is -4.88. The summed E-state index contributed by atoms with van der Waals surface area (Å²) in [6.07, 6.45) is 0. The molecule has 1 aliphatic rings. The van der Waals surface area contributed by atoms with Crippen LogP contribution in [0.4, 0.5) is 0 Å². The molecule has 0 N–H and O–H groups in total. The van der Waals surface area contributed by atoms with E-state index in [0.717, 1.165) is 0 Å². The third-order valence-electron chi connectivity index (χ3n) is 8.11. The highest BCUT2D eigenvalue weighted by Gasteiger charge is 2.26. The standard InChI is InChI=1S/C37H25N/c1-24-22-23-35(38-33-20-10-8-16-29(33)30-17-9-11-21-34(30)38)37-32-19-7-5-15-28(32)26-13-3-2-12-25(26)27-14-4-6-18-31(27)36(24)37/h2-23H,1H3. The lowest BCUT2D eigenvalue weighted by Gasteiger charge is -2.27. The van der Waals surface area contributed by atoms with Crippen molar-refractivity contribution in [3.05, 3.63) is 139 Å². The predicted molar refractivity (Wildman–Crippen MR) is 161 cm³/mol. The SMILES string of the molecule is Cc1ccc(-n2c3ccccc3c3ccccc32)c2c1-c1ccccc1-c1ccccc1-c1ccccc1-2. The van der Waals surface area contributed by atoms with Gasteiger partial charge in [0.1, 0.15) is 0 Å². The van der Waals surface area contributed by atoms with Gasteiger partial charge in [0.25, 0.3) is 0 Å².